The first-order valence-corrected chi connectivity index (χ1v) is 8.81. The Morgan fingerprint density at radius 3 is 2.33 bits per heavy atom. The molecule has 1 aliphatic carbocycles. The van der Waals surface area contributed by atoms with Crippen molar-refractivity contribution in [3.63, 3.8) is 0 Å². The number of anilines is 4. The van der Waals surface area contributed by atoms with E-state index in [-0.39, 0.29) is 0 Å². The fourth-order valence-electron chi connectivity index (χ4n) is 2.83. The zero-order chi connectivity index (χ0) is 18.8. The van der Waals surface area contributed by atoms with Crippen LogP contribution in [0.4, 0.5) is 23.3 Å². The summed E-state index contributed by atoms with van der Waals surface area (Å²) in [6.45, 7) is 1.92. The summed E-state index contributed by atoms with van der Waals surface area (Å²) in [6, 6.07) is 9.44. The number of aryl methyl sites for hydroxylation is 1. The predicted molar refractivity (Wildman–Crippen MR) is 103 cm³/mol. The van der Waals surface area contributed by atoms with Crippen molar-refractivity contribution in [3.8, 4) is 11.5 Å². The molecule has 0 aliphatic heterocycles. The Labute approximate surface area is 157 Å². The first kappa shape index (κ1) is 17.1. The molecule has 3 aromatic rings. The van der Waals surface area contributed by atoms with Gasteiger partial charge >= 0.3 is 0 Å². The maximum atomic E-state index is 5.30. The molecular formula is C19H22N6O2. The zero-order valence-corrected chi connectivity index (χ0v) is 15.5. The van der Waals surface area contributed by atoms with Gasteiger partial charge in [-0.05, 0) is 19.8 Å². The molecule has 0 amide bonds. The zero-order valence-electron chi connectivity index (χ0n) is 15.5. The Morgan fingerprint density at radius 1 is 0.926 bits per heavy atom. The highest BCUT2D eigenvalue weighted by Gasteiger charge is 2.25. The smallest absolute Gasteiger partial charge is 0.229 e. The molecule has 1 saturated carbocycles. The number of rotatable bonds is 7. The summed E-state index contributed by atoms with van der Waals surface area (Å²) in [5, 5.41) is 13.8. The summed E-state index contributed by atoms with van der Waals surface area (Å²) in [4.78, 5) is 8.99. The molecule has 1 aromatic carbocycles. The fraction of sp³-hybridized carbons (Fsp3) is 0.316. The summed E-state index contributed by atoms with van der Waals surface area (Å²) in [5.74, 6) is 3.91. The lowest BCUT2D eigenvalue weighted by Gasteiger charge is -2.11. The van der Waals surface area contributed by atoms with Gasteiger partial charge in [0.25, 0.3) is 0 Å². The lowest BCUT2D eigenvalue weighted by Crippen LogP contribution is -2.03. The van der Waals surface area contributed by atoms with E-state index in [4.69, 9.17) is 9.47 Å². The van der Waals surface area contributed by atoms with E-state index in [1.807, 2.05) is 37.3 Å². The molecule has 0 radical (unpaired) electrons. The maximum Gasteiger partial charge on any atom is 0.229 e. The first-order valence-electron chi connectivity index (χ1n) is 8.81. The van der Waals surface area contributed by atoms with Crippen LogP contribution in [0.3, 0.4) is 0 Å². The van der Waals surface area contributed by atoms with Gasteiger partial charge in [-0.2, -0.15) is 10.1 Å². The van der Waals surface area contributed by atoms with Crippen LogP contribution < -0.4 is 20.1 Å². The average molecular weight is 366 g/mol. The van der Waals surface area contributed by atoms with E-state index in [1.165, 1.54) is 18.5 Å². The molecule has 0 bridgehead atoms. The number of hydrogen-bond acceptors (Lipinski definition) is 7. The van der Waals surface area contributed by atoms with Gasteiger partial charge in [-0.15, -0.1) is 0 Å². The lowest BCUT2D eigenvalue weighted by molar-refractivity contribution is 0.395. The van der Waals surface area contributed by atoms with Crippen molar-refractivity contribution in [1.29, 1.82) is 0 Å². The van der Waals surface area contributed by atoms with Gasteiger partial charge in [0, 0.05) is 53.3 Å². The van der Waals surface area contributed by atoms with Crippen LogP contribution in [0.1, 0.15) is 30.1 Å². The number of methoxy groups -OCH3 is 2. The van der Waals surface area contributed by atoms with Crippen molar-refractivity contribution < 1.29 is 9.47 Å². The van der Waals surface area contributed by atoms with Gasteiger partial charge in [-0.25, -0.2) is 4.98 Å². The van der Waals surface area contributed by atoms with Gasteiger partial charge < -0.3 is 20.1 Å². The van der Waals surface area contributed by atoms with Gasteiger partial charge in [0.1, 0.15) is 17.3 Å². The number of benzene rings is 1. The fourth-order valence-corrected chi connectivity index (χ4v) is 2.83. The van der Waals surface area contributed by atoms with E-state index < -0.39 is 0 Å². The molecule has 1 fully saturated rings. The Bertz CT molecular complexity index is 929. The van der Waals surface area contributed by atoms with Crippen molar-refractivity contribution in [2.75, 3.05) is 24.9 Å². The second-order valence-corrected chi connectivity index (χ2v) is 6.55. The van der Waals surface area contributed by atoms with E-state index in [0.29, 0.717) is 29.2 Å². The van der Waals surface area contributed by atoms with Crippen LogP contribution in [0, 0.1) is 6.92 Å². The van der Waals surface area contributed by atoms with Crippen molar-refractivity contribution in [2.45, 2.75) is 25.7 Å². The number of ether oxygens (including phenoxy) is 2. The molecule has 8 heteroatoms. The number of hydrogen-bond donors (Lipinski definition) is 3. The first-order chi connectivity index (χ1) is 13.1. The summed E-state index contributed by atoms with van der Waals surface area (Å²) in [7, 11) is 3.23. The molecule has 4 rings (SSSR count). The number of nitrogens with zero attached hydrogens (tertiary/aromatic N) is 3. The average Bonchev–Trinajstić information content (AvgIpc) is 3.40. The highest BCUT2D eigenvalue weighted by Crippen LogP contribution is 2.39. The SMILES string of the molecule is COc1cc(Nc2nc(C)cc(Nc3cc(C4CC4)[nH]n3)n2)cc(OC)c1. The van der Waals surface area contributed by atoms with Gasteiger partial charge in [0.2, 0.25) is 5.95 Å². The third-order valence-electron chi connectivity index (χ3n) is 4.33. The van der Waals surface area contributed by atoms with E-state index >= 15 is 0 Å². The predicted octanol–water partition coefficient (Wildman–Crippen LogP) is 3.89. The molecule has 0 atom stereocenters. The van der Waals surface area contributed by atoms with Gasteiger partial charge in [0.05, 0.1) is 14.2 Å². The molecule has 0 saturated heterocycles. The highest BCUT2D eigenvalue weighted by molar-refractivity contribution is 5.61. The maximum absolute atomic E-state index is 5.30. The summed E-state index contributed by atoms with van der Waals surface area (Å²) in [5.41, 5.74) is 2.78. The van der Waals surface area contributed by atoms with Crippen molar-refractivity contribution in [2.24, 2.45) is 0 Å². The Morgan fingerprint density at radius 2 is 1.67 bits per heavy atom. The lowest BCUT2D eigenvalue weighted by atomic mass is 10.3. The topological polar surface area (TPSA) is 97.0 Å². The van der Waals surface area contributed by atoms with E-state index in [1.54, 1.807) is 14.2 Å². The summed E-state index contributed by atoms with van der Waals surface area (Å²) >= 11 is 0. The Hall–Kier alpha value is -3.29. The molecule has 0 unspecified atom stereocenters. The third kappa shape index (κ3) is 4.11. The number of nitrogens with one attached hydrogen (secondary N) is 3. The minimum atomic E-state index is 0.478. The number of aromatic amines is 1. The molecule has 1 aliphatic rings. The van der Waals surface area contributed by atoms with Crippen LogP contribution in [-0.2, 0) is 0 Å². The summed E-state index contributed by atoms with van der Waals surface area (Å²) < 4.78 is 10.6. The molecule has 3 N–H and O–H groups in total. The number of aromatic nitrogens is 4. The largest absolute Gasteiger partial charge is 0.497 e. The van der Waals surface area contributed by atoms with E-state index in [9.17, 15) is 0 Å². The highest BCUT2D eigenvalue weighted by atomic mass is 16.5. The van der Waals surface area contributed by atoms with Crippen LogP contribution in [0.25, 0.3) is 0 Å². The second-order valence-electron chi connectivity index (χ2n) is 6.55. The molecule has 2 heterocycles. The van der Waals surface area contributed by atoms with Gasteiger partial charge in [0.15, 0.2) is 5.82 Å². The molecule has 8 nitrogen and oxygen atoms in total. The van der Waals surface area contributed by atoms with Gasteiger partial charge in [-0.3, -0.25) is 5.10 Å². The van der Waals surface area contributed by atoms with Crippen LogP contribution in [0.15, 0.2) is 30.3 Å². The molecule has 27 heavy (non-hydrogen) atoms. The quantitative estimate of drug-likeness (QED) is 0.583. The second kappa shape index (κ2) is 7.14. The van der Waals surface area contributed by atoms with Crippen LogP contribution >= 0.6 is 0 Å². The monoisotopic (exact) mass is 366 g/mol. The Kier molecular flexibility index (Phi) is 4.53. The summed E-state index contributed by atoms with van der Waals surface area (Å²) in [6.07, 6.45) is 2.46. The molecule has 2 aromatic heterocycles. The molecular weight excluding hydrogens is 344 g/mol. The van der Waals surface area contributed by atoms with Crippen LogP contribution in [0.5, 0.6) is 11.5 Å². The van der Waals surface area contributed by atoms with Crippen molar-refractivity contribution in [3.05, 3.63) is 41.7 Å². The van der Waals surface area contributed by atoms with E-state index in [2.05, 4.69) is 30.8 Å². The van der Waals surface area contributed by atoms with Crippen molar-refractivity contribution in [1.82, 2.24) is 20.2 Å². The van der Waals surface area contributed by atoms with Gasteiger partial charge in [-0.1, -0.05) is 0 Å². The van der Waals surface area contributed by atoms with E-state index in [0.717, 1.165) is 17.2 Å². The van der Waals surface area contributed by atoms with Crippen LogP contribution in [-0.4, -0.2) is 34.4 Å². The normalized spacial score (nSPS) is 13.3. The molecule has 140 valence electrons. The Balaban J connectivity index is 1.54. The van der Waals surface area contributed by atoms with Crippen LogP contribution in [0.2, 0.25) is 0 Å². The minimum Gasteiger partial charge on any atom is -0.497 e. The standard InChI is InChI=1S/C19H22N6O2/c1-11-6-17(22-18-10-16(24-25-18)12-4-5-12)23-19(20-11)21-13-7-14(26-2)9-15(8-13)27-3/h6-10,12H,4-5H2,1-3H3,(H3,20,21,22,23,24,25). The minimum absolute atomic E-state index is 0.478. The number of H-pyrrole nitrogens is 1. The van der Waals surface area contributed by atoms with Crippen molar-refractivity contribution >= 4 is 23.3 Å². The third-order valence-corrected chi connectivity index (χ3v) is 4.33. The molecule has 0 spiro atoms.